The molecule has 26 nitrogen and oxygen atoms in total. The average Bonchev–Trinajstić information content (AvgIpc) is 1.59. The molecule has 0 radical (unpaired) electrons. The number of unbranched alkanes of at least 4 members (excludes halogenated alkanes) is 2. The van der Waals surface area contributed by atoms with Crippen LogP contribution in [0, 0.1) is 12.8 Å². The smallest absolute Gasteiger partial charge is 0.415 e. The number of carbonyl (C=O) groups excluding carboxylic acids is 9. The van der Waals surface area contributed by atoms with Gasteiger partial charge in [-0.25, -0.2) is 14.4 Å². The van der Waals surface area contributed by atoms with Crippen molar-refractivity contribution < 1.29 is 67.3 Å². The summed E-state index contributed by atoms with van der Waals surface area (Å²) in [6.07, 6.45) is 2.72. The van der Waals surface area contributed by atoms with Crippen LogP contribution in [0.1, 0.15) is 104 Å². The zero-order valence-corrected chi connectivity index (χ0v) is 55.3. The van der Waals surface area contributed by atoms with Gasteiger partial charge in [0.15, 0.2) is 0 Å². The molecule has 2 aromatic heterocycles. The number of ether oxygens (including phenoxy) is 3. The van der Waals surface area contributed by atoms with Crippen molar-refractivity contribution in [1.82, 2.24) is 40.5 Å². The number of fused-ring (bicyclic) bond motifs is 4. The van der Waals surface area contributed by atoms with Crippen molar-refractivity contribution in [3.05, 3.63) is 82.4 Å². The van der Waals surface area contributed by atoms with Crippen LogP contribution in [-0.4, -0.2) is 197 Å². The maximum atomic E-state index is 14.4. The van der Waals surface area contributed by atoms with Crippen molar-refractivity contribution >= 4 is 127 Å². The molecule has 0 spiro atoms. The Balaban J connectivity index is 0.792. The lowest BCUT2D eigenvalue weighted by atomic mass is 10.0. The number of aliphatic carboxylic acids is 1. The van der Waals surface area contributed by atoms with E-state index in [1.807, 2.05) is 37.3 Å². The molecule has 2 fully saturated rings. The maximum absolute atomic E-state index is 14.4. The molecule has 0 saturated carbocycles. The normalized spacial score (nSPS) is 16.5. The number of urea groups is 1. The lowest BCUT2D eigenvalue weighted by Gasteiger charge is -2.25. The largest absolute Gasteiger partial charge is 0.492 e. The molecule has 29 heteroatoms. The number of hydrogen-bond donors (Lipinski definition) is 8. The van der Waals surface area contributed by atoms with Gasteiger partial charge in [-0.3, -0.25) is 43.4 Å². The first kappa shape index (κ1) is 70.7. The Labute approximate surface area is 552 Å². The first-order valence-electron chi connectivity index (χ1n) is 31.2. The molecular weight excluding hydrogens is 1260 g/mol. The van der Waals surface area contributed by atoms with Crippen molar-refractivity contribution in [2.45, 2.75) is 114 Å². The summed E-state index contributed by atoms with van der Waals surface area (Å²) in [6, 6.07) is 13.7. The van der Waals surface area contributed by atoms with Gasteiger partial charge in [-0.2, -0.15) is 0 Å². The number of thiophene rings is 1. The third-order valence-corrected chi connectivity index (χ3v) is 19.2. The fourth-order valence-corrected chi connectivity index (χ4v) is 13.7. The van der Waals surface area contributed by atoms with Gasteiger partial charge in [0, 0.05) is 127 Å². The summed E-state index contributed by atoms with van der Waals surface area (Å²) in [4.78, 5) is 142. The molecule has 1 unspecified atom stereocenters. The molecule has 0 aliphatic carbocycles. The number of hydrogen-bond acceptors (Lipinski definition) is 17. The number of likely N-dealkylation sites (tertiary alicyclic amines) is 2. The number of aromatic nitrogens is 1. The topological polar surface area (TPSA) is 351 Å². The third-order valence-electron chi connectivity index (χ3n) is 16.5. The number of benzene rings is 3. The van der Waals surface area contributed by atoms with E-state index in [-0.39, 0.29) is 93.6 Å². The van der Waals surface area contributed by atoms with Gasteiger partial charge in [-0.1, -0.05) is 32.4 Å². The Bertz CT molecular complexity index is 3540. The van der Waals surface area contributed by atoms with E-state index < -0.39 is 77.1 Å². The molecular formula is C64H83ClN12O14S2. The quantitative estimate of drug-likeness (QED) is 0.0126. The Hall–Kier alpha value is -8.18. The fourth-order valence-electron chi connectivity index (χ4n) is 11.2. The second-order valence-corrected chi connectivity index (χ2v) is 26.7. The summed E-state index contributed by atoms with van der Waals surface area (Å²) in [5, 5.41) is 20.7. The number of likely N-dealkylation sites (N-methyl/N-ethyl adjacent to an activating group) is 2. The van der Waals surface area contributed by atoms with Gasteiger partial charge in [0.1, 0.15) is 48.5 Å². The second kappa shape index (κ2) is 33.1. The number of anilines is 2. The van der Waals surface area contributed by atoms with Crippen LogP contribution in [0.2, 0.25) is 0 Å². The molecule has 3 aromatic carbocycles. The van der Waals surface area contributed by atoms with Crippen LogP contribution in [0.5, 0.6) is 11.5 Å². The molecule has 8 rings (SSSR count). The summed E-state index contributed by atoms with van der Waals surface area (Å²) in [7, 11) is 3.08. The molecule has 502 valence electrons. The zero-order chi connectivity index (χ0) is 67.0. The fraction of sp³-hybridized carbons (Fsp3) is 0.500. The van der Waals surface area contributed by atoms with Crippen molar-refractivity contribution in [3.8, 4) is 11.5 Å². The van der Waals surface area contributed by atoms with Crippen molar-refractivity contribution in [3.63, 3.8) is 0 Å². The van der Waals surface area contributed by atoms with Crippen LogP contribution < -0.4 is 47.1 Å². The lowest BCUT2D eigenvalue weighted by molar-refractivity contribution is -0.139. The van der Waals surface area contributed by atoms with Gasteiger partial charge in [-0.15, -0.1) is 34.7 Å². The molecule has 5 heterocycles. The van der Waals surface area contributed by atoms with Gasteiger partial charge in [0.25, 0.3) is 5.91 Å². The monoisotopic (exact) mass is 1340 g/mol. The summed E-state index contributed by atoms with van der Waals surface area (Å²) in [6.45, 7) is 9.67. The molecule has 3 aliphatic rings. The number of halogens is 1. The van der Waals surface area contributed by atoms with E-state index in [0.717, 1.165) is 73.5 Å². The Morgan fingerprint density at radius 2 is 1.62 bits per heavy atom. The standard InChI is InChI=1S/C64H83ClN12O14S2/c1-37(2)55(72-52(78)13-7-6-8-23-76-53(79)32-51(60(76)83)92-36-45(66)61(84)85)58(81)71-47(12-11-20-68-62(67)86)57(80)69-42-16-14-39(15-17-42)35-90-63(87)73(4)24-25-74(5)64(88)91-50-31-49-54(56-44(50)28-38(3)93-56)41(33-65)34-77(49)59(82)48-30-40-29-43(18-19-46(40)70-48)89-27-26-75-21-9-10-22-75/h14-19,28-31,37,41,45,47,51,55,70H,6-13,20-27,32-36,66H2,1-5H3,(H,69,80)(H,71,81)(H,72,78)(H,84,85)(H3,67,68,86)/t41-,45+,47+,51?,55+/m1/s1. The molecule has 0 bridgehead atoms. The van der Waals surface area contributed by atoms with E-state index in [4.69, 9.17) is 42.4 Å². The van der Waals surface area contributed by atoms with E-state index in [9.17, 15) is 47.9 Å². The number of alkyl halides is 1. The van der Waals surface area contributed by atoms with Crippen LogP contribution in [0.3, 0.4) is 0 Å². The molecule has 3 aliphatic heterocycles. The highest BCUT2D eigenvalue weighted by Gasteiger charge is 2.40. The maximum Gasteiger partial charge on any atom is 0.415 e. The molecule has 2 saturated heterocycles. The number of thioether (sulfide) groups is 1. The van der Waals surface area contributed by atoms with Crippen molar-refractivity contribution in [1.29, 1.82) is 0 Å². The van der Waals surface area contributed by atoms with Gasteiger partial charge in [0.05, 0.1) is 10.9 Å². The van der Waals surface area contributed by atoms with E-state index in [0.29, 0.717) is 55.0 Å². The van der Waals surface area contributed by atoms with Crippen LogP contribution in [0.15, 0.2) is 60.7 Å². The van der Waals surface area contributed by atoms with Crippen molar-refractivity contribution in [2.75, 3.05) is 94.9 Å². The second-order valence-electron chi connectivity index (χ2n) is 23.9. The minimum atomic E-state index is -1.20. The van der Waals surface area contributed by atoms with Crippen LogP contribution >= 0.6 is 34.7 Å². The summed E-state index contributed by atoms with van der Waals surface area (Å²) in [5.41, 5.74) is 14.4. The number of H-pyrrole nitrogens is 1. The van der Waals surface area contributed by atoms with E-state index >= 15 is 0 Å². The Kier molecular flexibility index (Phi) is 25.1. The number of aryl methyl sites for hydroxylation is 1. The number of carboxylic acids is 1. The van der Waals surface area contributed by atoms with Gasteiger partial charge >= 0.3 is 24.2 Å². The summed E-state index contributed by atoms with van der Waals surface area (Å²) in [5.74, 6) is -3.14. The van der Waals surface area contributed by atoms with E-state index in [2.05, 4.69) is 31.2 Å². The number of rotatable bonds is 32. The number of amides is 10. The summed E-state index contributed by atoms with van der Waals surface area (Å²) < 4.78 is 18.6. The van der Waals surface area contributed by atoms with E-state index in [1.54, 1.807) is 56.1 Å². The number of nitrogens with one attached hydrogen (secondary N) is 5. The first-order valence-corrected chi connectivity index (χ1v) is 33.6. The molecule has 5 aromatic rings. The number of primary amides is 1. The van der Waals surface area contributed by atoms with Crippen molar-refractivity contribution in [2.24, 2.45) is 17.4 Å². The third kappa shape index (κ3) is 19.0. The van der Waals surface area contributed by atoms with Crippen LogP contribution in [0.4, 0.5) is 25.8 Å². The molecule has 10 amide bonds. The number of nitrogens with zero attached hydrogens (tertiary/aromatic N) is 5. The predicted molar refractivity (Wildman–Crippen MR) is 355 cm³/mol. The van der Waals surface area contributed by atoms with Gasteiger partial charge < -0.3 is 71.7 Å². The minimum Gasteiger partial charge on any atom is -0.492 e. The molecule has 10 N–H and O–H groups in total. The highest BCUT2D eigenvalue weighted by Crippen LogP contribution is 2.49. The predicted octanol–water partition coefficient (Wildman–Crippen LogP) is 6.69. The first-order chi connectivity index (χ1) is 44.5. The number of nitrogens with two attached hydrogens (primary N) is 2. The number of carboxylic acid groups (broad SMARTS) is 1. The minimum absolute atomic E-state index is 0.0130. The summed E-state index contributed by atoms with van der Waals surface area (Å²) >= 11 is 9.18. The Morgan fingerprint density at radius 1 is 0.892 bits per heavy atom. The number of carbonyl (C=O) groups is 10. The average molecular weight is 1340 g/mol. The SMILES string of the molecule is Cc1cc2c(OC(=O)N(C)CCN(C)C(=O)OCc3ccc(NC(=O)[C@H](CCCNC(N)=O)NC(=O)[C@@H](NC(=O)CCCCCN4C(=O)CC(SC[C@H](N)C(=O)O)C4=O)C(C)C)cc3)cc3c(c2s1)[C@H](CCl)CN3C(=O)c1cc2cc(OCCN3CCCC3)ccc2[nH]1. The van der Waals surface area contributed by atoms with Gasteiger partial charge in [-0.05, 0) is 112 Å². The molecule has 93 heavy (non-hydrogen) atoms. The molecule has 5 atom stereocenters. The van der Waals surface area contributed by atoms with Crippen LogP contribution in [-0.2, 0) is 40.1 Å². The lowest BCUT2D eigenvalue weighted by Crippen LogP contribution is -2.54. The van der Waals surface area contributed by atoms with E-state index in [1.165, 1.54) is 41.0 Å². The highest BCUT2D eigenvalue weighted by atomic mass is 35.5. The highest BCUT2D eigenvalue weighted by molar-refractivity contribution is 8.00. The zero-order valence-electron chi connectivity index (χ0n) is 52.9. The number of aromatic amines is 1. The Morgan fingerprint density at radius 3 is 2.32 bits per heavy atom. The van der Waals surface area contributed by atoms with Crippen LogP contribution in [0.25, 0.3) is 21.0 Å². The van der Waals surface area contributed by atoms with Gasteiger partial charge in [0.2, 0.25) is 29.5 Å². The number of imide groups is 1.